The highest BCUT2D eigenvalue weighted by Gasteiger charge is 2.34. The molecule has 0 saturated carbocycles. The Bertz CT molecular complexity index is 938. The SMILES string of the molecule is COC(=O)c1ccc([C@H]2C(C#N)=C(N)Oc3nc[nH]c(=O)c32)cc1. The van der Waals surface area contributed by atoms with E-state index in [0.29, 0.717) is 11.1 Å². The van der Waals surface area contributed by atoms with Crippen LogP contribution >= 0.6 is 0 Å². The second-order valence-electron chi connectivity index (χ2n) is 4.99. The third-order valence-corrected chi connectivity index (χ3v) is 3.69. The number of methoxy groups -OCH3 is 1. The van der Waals surface area contributed by atoms with E-state index in [1.54, 1.807) is 24.3 Å². The molecule has 1 atom stereocenters. The van der Waals surface area contributed by atoms with Gasteiger partial charge in [-0.25, -0.2) is 9.78 Å². The molecular weight excluding hydrogens is 312 g/mol. The molecule has 2 aromatic rings. The maximum Gasteiger partial charge on any atom is 0.337 e. The van der Waals surface area contributed by atoms with Gasteiger partial charge in [0.2, 0.25) is 11.8 Å². The third kappa shape index (κ3) is 2.38. The van der Waals surface area contributed by atoms with Gasteiger partial charge in [0.05, 0.1) is 30.5 Å². The van der Waals surface area contributed by atoms with E-state index in [0.717, 1.165) is 0 Å². The van der Waals surface area contributed by atoms with Gasteiger partial charge >= 0.3 is 5.97 Å². The van der Waals surface area contributed by atoms with Crippen molar-refractivity contribution in [1.82, 2.24) is 9.97 Å². The third-order valence-electron chi connectivity index (χ3n) is 3.69. The predicted octanol–water partition coefficient (Wildman–Crippen LogP) is 0.775. The van der Waals surface area contributed by atoms with Crippen molar-refractivity contribution < 1.29 is 14.3 Å². The minimum Gasteiger partial charge on any atom is -0.465 e. The number of nitriles is 1. The maximum absolute atomic E-state index is 12.2. The van der Waals surface area contributed by atoms with Gasteiger partial charge in [-0.15, -0.1) is 0 Å². The van der Waals surface area contributed by atoms with Crippen molar-refractivity contribution in [3.63, 3.8) is 0 Å². The van der Waals surface area contributed by atoms with Gasteiger partial charge in [-0.1, -0.05) is 12.1 Å². The van der Waals surface area contributed by atoms with E-state index in [2.05, 4.69) is 14.7 Å². The standard InChI is InChI=1S/C16H12N4O4/c1-23-16(22)9-4-2-8(3-5-9)11-10(6-17)13(18)24-15-12(11)14(21)19-7-20-15/h2-5,7,11H,18H2,1H3,(H,19,20,21)/t11-/m0/s1. The first kappa shape index (κ1) is 15.3. The highest BCUT2D eigenvalue weighted by Crippen LogP contribution is 2.38. The predicted molar refractivity (Wildman–Crippen MR) is 81.9 cm³/mol. The van der Waals surface area contributed by atoms with Crippen LogP contribution < -0.4 is 16.0 Å². The highest BCUT2D eigenvalue weighted by molar-refractivity contribution is 5.89. The summed E-state index contributed by atoms with van der Waals surface area (Å²) in [6.45, 7) is 0. The van der Waals surface area contributed by atoms with Crippen LogP contribution in [0.3, 0.4) is 0 Å². The smallest absolute Gasteiger partial charge is 0.337 e. The van der Waals surface area contributed by atoms with Crippen LogP contribution in [0.25, 0.3) is 0 Å². The number of allylic oxidation sites excluding steroid dienone is 1. The van der Waals surface area contributed by atoms with Gasteiger partial charge in [-0.2, -0.15) is 5.26 Å². The number of benzene rings is 1. The molecule has 0 aliphatic carbocycles. The topological polar surface area (TPSA) is 131 Å². The summed E-state index contributed by atoms with van der Waals surface area (Å²) >= 11 is 0. The molecule has 3 rings (SSSR count). The van der Waals surface area contributed by atoms with Crippen molar-refractivity contribution in [2.75, 3.05) is 7.11 Å². The number of fused-ring (bicyclic) bond motifs is 1. The van der Waals surface area contributed by atoms with Crippen molar-refractivity contribution in [3.8, 4) is 11.9 Å². The average Bonchev–Trinajstić information content (AvgIpc) is 2.60. The van der Waals surface area contributed by atoms with Crippen molar-refractivity contribution in [1.29, 1.82) is 5.26 Å². The number of carbonyl (C=O) groups excluding carboxylic acids is 1. The number of aromatic nitrogens is 2. The fraction of sp³-hybridized carbons (Fsp3) is 0.125. The molecule has 24 heavy (non-hydrogen) atoms. The lowest BCUT2D eigenvalue weighted by atomic mass is 9.85. The molecule has 0 spiro atoms. The number of ether oxygens (including phenoxy) is 2. The number of aromatic amines is 1. The first-order valence-electron chi connectivity index (χ1n) is 6.90. The number of H-pyrrole nitrogens is 1. The first-order chi connectivity index (χ1) is 11.6. The molecule has 2 heterocycles. The Balaban J connectivity index is 2.17. The molecular formula is C16H12N4O4. The van der Waals surface area contributed by atoms with E-state index >= 15 is 0 Å². The number of esters is 1. The summed E-state index contributed by atoms with van der Waals surface area (Å²) < 4.78 is 9.93. The van der Waals surface area contributed by atoms with E-state index in [4.69, 9.17) is 10.5 Å². The van der Waals surface area contributed by atoms with Crippen LogP contribution in [-0.4, -0.2) is 23.0 Å². The first-order valence-corrected chi connectivity index (χ1v) is 6.90. The number of nitrogens with one attached hydrogen (secondary N) is 1. The van der Waals surface area contributed by atoms with Crippen LogP contribution in [0.15, 0.2) is 46.8 Å². The Morgan fingerprint density at radius 3 is 2.75 bits per heavy atom. The molecule has 1 aromatic heterocycles. The summed E-state index contributed by atoms with van der Waals surface area (Å²) in [5.74, 6) is -1.27. The lowest BCUT2D eigenvalue weighted by molar-refractivity contribution is 0.0600. The largest absolute Gasteiger partial charge is 0.465 e. The molecule has 1 aliphatic heterocycles. The Hall–Kier alpha value is -3.60. The summed E-state index contributed by atoms with van der Waals surface area (Å²) in [5.41, 5.74) is 6.61. The van der Waals surface area contributed by atoms with Crippen LogP contribution in [0.4, 0.5) is 0 Å². The van der Waals surface area contributed by atoms with Crippen molar-refractivity contribution in [2.45, 2.75) is 5.92 Å². The molecule has 0 fully saturated rings. The van der Waals surface area contributed by atoms with Crippen molar-refractivity contribution >= 4 is 5.97 Å². The normalized spacial score (nSPS) is 15.9. The van der Waals surface area contributed by atoms with Crippen molar-refractivity contribution in [3.05, 3.63) is 69.1 Å². The number of carbonyl (C=O) groups is 1. The van der Waals surface area contributed by atoms with E-state index in [-0.39, 0.29) is 22.9 Å². The van der Waals surface area contributed by atoms with Gasteiger partial charge in [0.1, 0.15) is 11.6 Å². The van der Waals surface area contributed by atoms with Crippen LogP contribution in [0.5, 0.6) is 5.88 Å². The van der Waals surface area contributed by atoms with Crippen LogP contribution in [-0.2, 0) is 4.74 Å². The quantitative estimate of drug-likeness (QED) is 0.780. The van der Waals surface area contributed by atoms with Gasteiger partial charge < -0.3 is 20.2 Å². The van der Waals surface area contributed by atoms with Gasteiger partial charge in [0.15, 0.2) is 0 Å². The number of nitrogens with two attached hydrogens (primary N) is 1. The summed E-state index contributed by atoms with van der Waals surface area (Å²) in [5, 5.41) is 9.42. The number of rotatable bonds is 2. The second kappa shape index (κ2) is 5.89. The molecule has 0 amide bonds. The molecule has 1 aromatic carbocycles. The minimum absolute atomic E-state index is 0.0531. The van der Waals surface area contributed by atoms with Crippen LogP contribution in [0.1, 0.15) is 27.4 Å². The summed E-state index contributed by atoms with van der Waals surface area (Å²) in [7, 11) is 1.29. The highest BCUT2D eigenvalue weighted by atomic mass is 16.5. The zero-order chi connectivity index (χ0) is 17.3. The molecule has 3 N–H and O–H groups in total. The zero-order valence-corrected chi connectivity index (χ0v) is 12.6. The fourth-order valence-electron chi connectivity index (χ4n) is 2.56. The Morgan fingerprint density at radius 2 is 2.12 bits per heavy atom. The summed E-state index contributed by atoms with van der Waals surface area (Å²) in [6, 6.07) is 8.33. The molecule has 8 heteroatoms. The lowest BCUT2D eigenvalue weighted by Gasteiger charge is -2.24. The van der Waals surface area contributed by atoms with Crippen LogP contribution in [0, 0.1) is 11.3 Å². The molecule has 120 valence electrons. The second-order valence-corrected chi connectivity index (χ2v) is 4.99. The van der Waals surface area contributed by atoms with Gasteiger partial charge in [0, 0.05) is 0 Å². The number of nitrogens with zero attached hydrogens (tertiary/aromatic N) is 2. The van der Waals surface area contributed by atoms with E-state index in [1.165, 1.54) is 13.4 Å². The fourth-order valence-corrected chi connectivity index (χ4v) is 2.56. The zero-order valence-electron chi connectivity index (χ0n) is 12.6. The minimum atomic E-state index is -0.733. The Labute approximate surface area is 136 Å². The Kier molecular flexibility index (Phi) is 3.75. The van der Waals surface area contributed by atoms with Gasteiger partial charge in [-0.05, 0) is 17.7 Å². The molecule has 8 nitrogen and oxygen atoms in total. The lowest BCUT2D eigenvalue weighted by Crippen LogP contribution is -2.28. The molecule has 1 aliphatic rings. The summed E-state index contributed by atoms with van der Waals surface area (Å²) in [4.78, 5) is 30.2. The Morgan fingerprint density at radius 1 is 1.42 bits per heavy atom. The average molecular weight is 324 g/mol. The number of hydrogen-bond acceptors (Lipinski definition) is 7. The molecule has 0 bridgehead atoms. The van der Waals surface area contributed by atoms with E-state index in [9.17, 15) is 14.9 Å². The van der Waals surface area contributed by atoms with Crippen LogP contribution in [0.2, 0.25) is 0 Å². The van der Waals surface area contributed by atoms with Crippen molar-refractivity contribution in [2.24, 2.45) is 5.73 Å². The van der Waals surface area contributed by atoms with E-state index in [1.807, 2.05) is 6.07 Å². The molecule has 0 radical (unpaired) electrons. The van der Waals surface area contributed by atoms with Gasteiger partial charge in [0.25, 0.3) is 5.56 Å². The summed E-state index contributed by atoms with van der Waals surface area (Å²) in [6.07, 6.45) is 1.20. The maximum atomic E-state index is 12.2. The van der Waals surface area contributed by atoms with E-state index < -0.39 is 17.4 Å². The molecule has 0 unspecified atom stereocenters. The monoisotopic (exact) mass is 324 g/mol. The van der Waals surface area contributed by atoms with Gasteiger partial charge in [-0.3, -0.25) is 4.79 Å². The number of hydrogen-bond donors (Lipinski definition) is 2. The molecule has 0 saturated heterocycles.